The van der Waals surface area contributed by atoms with Gasteiger partial charge in [0.1, 0.15) is 5.52 Å². The summed E-state index contributed by atoms with van der Waals surface area (Å²) in [6.07, 6.45) is 1.58. The fraction of sp³-hybridized carbons (Fsp3) is 0. The highest BCUT2D eigenvalue weighted by molar-refractivity contribution is 7.16. The van der Waals surface area contributed by atoms with Crippen molar-refractivity contribution in [2.45, 2.75) is 0 Å². The summed E-state index contributed by atoms with van der Waals surface area (Å²) in [5, 5.41) is 13.9. The lowest BCUT2D eigenvalue weighted by atomic mass is 10.1. The van der Waals surface area contributed by atoms with Crippen LogP contribution in [0.4, 0.5) is 5.69 Å². The highest BCUT2D eigenvalue weighted by Crippen LogP contribution is 2.28. The van der Waals surface area contributed by atoms with Gasteiger partial charge in [0.15, 0.2) is 5.75 Å². The minimum Gasteiger partial charge on any atom is -0.505 e. The van der Waals surface area contributed by atoms with E-state index in [1.807, 2.05) is 18.2 Å². The van der Waals surface area contributed by atoms with Gasteiger partial charge in [0, 0.05) is 17.3 Å². The number of phenolic OH excluding ortho intramolecular Hbond substituents is 1. The van der Waals surface area contributed by atoms with Gasteiger partial charge >= 0.3 is 0 Å². The average Bonchev–Trinajstić information content (AvgIpc) is 3.03. The monoisotopic (exact) mass is 321 g/mol. The molecule has 0 aliphatic heterocycles. The molecule has 5 nitrogen and oxygen atoms in total. The van der Waals surface area contributed by atoms with Crippen molar-refractivity contribution in [1.82, 2.24) is 9.97 Å². The van der Waals surface area contributed by atoms with Crippen LogP contribution >= 0.6 is 11.3 Å². The first-order chi connectivity index (χ1) is 11.2. The standard InChI is InChI=1S/C17H11N3O2S/c21-16-12(5-3-10-2-1-7-18-15(10)16)17(22)20-11-4-6-13-14(8-11)23-9-19-13/h1-9,21H,(H,20,22). The maximum Gasteiger partial charge on any atom is 0.259 e. The Balaban J connectivity index is 1.69. The summed E-state index contributed by atoms with van der Waals surface area (Å²) in [7, 11) is 0. The third-order valence-corrected chi connectivity index (χ3v) is 4.37. The van der Waals surface area contributed by atoms with E-state index < -0.39 is 0 Å². The highest BCUT2D eigenvalue weighted by Gasteiger charge is 2.15. The van der Waals surface area contributed by atoms with E-state index in [2.05, 4.69) is 15.3 Å². The number of anilines is 1. The van der Waals surface area contributed by atoms with Gasteiger partial charge in [-0.3, -0.25) is 9.78 Å². The second kappa shape index (κ2) is 5.33. The van der Waals surface area contributed by atoms with Gasteiger partial charge in [-0.2, -0.15) is 0 Å². The molecule has 0 saturated carbocycles. The predicted octanol–water partition coefficient (Wildman–Crippen LogP) is 3.80. The molecule has 4 rings (SSSR count). The van der Waals surface area contributed by atoms with Gasteiger partial charge in [-0.15, -0.1) is 11.3 Å². The summed E-state index contributed by atoms with van der Waals surface area (Å²) in [5.41, 5.74) is 3.92. The average molecular weight is 321 g/mol. The molecule has 0 bridgehead atoms. The number of carbonyl (C=O) groups is 1. The van der Waals surface area contributed by atoms with E-state index in [1.54, 1.807) is 36.0 Å². The molecule has 6 heteroatoms. The normalized spacial score (nSPS) is 11.0. The Kier molecular flexibility index (Phi) is 3.17. The Bertz CT molecular complexity index is 1040. The first kappa shape index (κ1) is 13.7. The molecule has 2 heterocycles. The van der Waals surface area contributed by atoms with E-state index in [1.165, 1.54) is 11.3 Å². The fourth-order valence-corrected chi connectivity index (χ4v) is 3.16. The summed E-state index contributed by atoms with van der Waals surface area (Å²) in [5.74, 6) is -0.488. The summed E-state index contributed by atoms with van der Waals surface area (Å²) in [4.78, 5) is 20.8. The number of hydrogen-bond acceptors (Lipinski definition) is 5. The van der Waals surface area contributed by atoms with Crippen LogP contribution in [0.15, 0.2) is 54.2 Å². The number of fused-ring (bicyclic) bond motifs is 2. The summed E-state index contributed by atoms with van der Waals surface area (Å²) in [6.45, 7) is 0. The Morgan fingerprint density at radius 3 is 2.96 bits per heavy atom. The van der Waals surface area contributed by atoms with Gasteiger partial charge in [0.25, 0.3) is 5.91 Å². The number of pyridine rings is 1. The Hall–Kier alpha value is -2.99. The zero-order valence-corrected chi connectivity index (χ0v) is 12.7. The van der Waals surface area contributed by atoms with Crippen LogP contribution in [0.1, 0.15) is 10.4 Å². The maximum absolute atomic E-state index is 12.4. The predicted molar refractivity (Wildman–Crippen MR) is 91.0 cm³/mol. The van der Waals surface area contributed by atoms with Crippen molar-refractivity contribution in [2.75, 3.05) is 5.32 Å². The minimum absolute atomic E-state index is 0.112. The van der Waals surface area contributed by atoms with E-state index in [9.17, 15) is 9.90 Å². The van der Waals surface area contributed by atoms with Crippen molar-refractivity contribution in [2.24, 2.45) is 0 Å². The molecule has 2 aromatic carbocycles. The Morgan fingerprint density at radius 1 is 1.13 bits per heavy atom. The second-order valence-corrected chi connectivity index (χ2v) is 5.91. The maximum atomic E-state index is 12.4. The van der Waals surface area contributed by atoms with E-state index in [-0.39, 0.29) is 17.2 Å². The van der Waals surface area contributed by atoms with Crippen molar-refractivity contribution >= 4 is 44.1 Å². The van der Waals surface area contributed by atoms with Crippen LogP contribution in [-0.2, 0) is 0 Å². The Labute approximate surface area is 135 Å². The number of benzene rings is 2. The smallest absolute Gasteiger partial charge is 0.259 e. The molecule has 0 spiro atoms. The number of hydrogen-bond donors (Lipinski definition) is 2. The molecule has 112 valence electrons. The molecule has 0 unspecified atom stereocenters. The third-order valence-electron chi connectivity index (χ3n) is 3.58. The fourth-order valence-electron chi connectivity index (χ4n) is 2.44. The van der Waals surface area contributed by atoms with Gasteiger partial charge in [-0.1, -0.05) is 12.1 Å². The van der Waals surface area contributed by atoms with Crippen LogP contribution in [0.3, 0.4) is 0 Å². The van der Waals surface area contributed by atoms with Crippen LogP contribution in [0, 0.1) is 0 Å². The van der Waals surface area contributed by atoms with Crippen LogP contribution < -0.4 is 5.32 Å². The molecule has 0 aliphatic carbocycles. The molecule has 0 radical (unpaired) electrons. The van der Waals surface area contributed by atoms with Crippen molar-refractivity contribution < 1.29 is 9.90 Å². The van der Waals surface area contributed by atoms with Gasteiger partial charge in [0.05, 0.1) is 21.3 Å². The number of phenols is 1. The molecule has 2 aromatic heterocycles. The van der Waals surface area contributed by atoms with Gasteiger partial charge in [-0.05, 0) is 30.3 Å². The van der Waals surface area contributed by atoms with E-state index in [0.717, 1.165) is 15.6 Å². The van der Waals surface area contributed by atoms with Gasteiger partial charge < -0.3 is 10.4 Å². The highest BCUT2D eigenvalue weighted by atomic mass is 32.1. The molecule has 0 fully saturated rings. The molecule has 0 saturated heterocycles. The number of amides is 1. The number of thiazole rings is 1. The van der Waals surface area contributed by atoms with Crippen LogP contribution in [0.5, 0.6) is 5.75 Å². The zero-order chi connectivity index (χ0) is 15.8. The molecule has 1 amide bonds. The molecular weight excluding hydrogens is 310 g/mol. The summed E-state index contributed by atoms with van der Waals surface area (Å²) < 4.78 is 0.993. The SMILES string of the molecule is O=C(Nc1ccc2ncsc2c1)c1ccc2cccnc2c1O. The molecule has 0 atom stereocenters. The Morgan fingerprint density at radius 2 is 2.04 bits per heavy atom. The van der Waals surface area contributed by atoms with Gasteiger partial charge in [-0.25, -0.2) is 4.98 Å². The number of rotatable bonds is 2. The third kappa shape index (κ3) is 2.39. The number of aromatic nitrogens is 2. The number of nitrogens with zero attached hydrogens (tertiary/aromatic N) is 2. The number of nitrogens with one attached hydrogen (secondary N) is 1. The summed E-state index contributed by atoms with van der Waals surface area (Å²) >= 11 is 1.51. The summed E-state index contributed by atoms with van der Waals surface area (Å²) in [6, 6.07) is 12.5. The van der Waals surface area contributed by atoms with Crippen molar-refractivity contribution in [3.8, 4) is 5.75 Å². The van der Waals surface area contributed by atoms with Gasteiger partial charge in [0.2, 0.25) is 0 Å². The quantitative estimate of drug-likeness (QED) is 0.589. The molecule has 2 N–H and O–H groups in total. The lowest BCUT2D eigenvalue weighted by Crippen LogP contribution is -2.12. The largest absolute Gasteiger partial charge is 0.505 e. The van der Waals surface area contributed by atoms with Crippen molar-refractivity contribution in [3.05, 3.63) is 59.7 Å². The van der Waals surface area contributed by atoms with Crippen LogP contribution in [0.25, 0.3) is 21.1 Å². The molecule has 23 heavy (non-hydrogen) atoms. The van der Waals surface area contributed by atoms with Crippen LogP contribution in [0.2, 0.25) is 0 Å². The lowest BCUT2D eigenvalue weighted by molar-refractivity contribution is 0.102. The molecule has 0 aliphatic rings. The number of carbonyl (C=O) groups excluding carboxylic acids is 1. The minimum atomic E-state index is -0.376. The first-order valence-corrected chi connectivity index (χ1v) is 7.81. The lowest BCUT2D eigenvalue weighted by Gasteiger charge is -2.08. The molecular formula is C17H11N3O2S. The number of aromatic hydroxyl groups is 1. The van der Waals surface area contributed by atoms with E-state index in [0.29, 0.717) is 11.2 Å². The molecule has 4 aromatic rings. The zero-order valence-electron chi connectivity index (χ0n) is 11.9. The van der Waals surface area contributed by atoms with Crippen LogP contribution in [-0.4, -0.2) is 21.0 Å². The van der Waals surface area contributed by atoms with E-state index >= 15 is 0 Å². The van der Waals surface area contributed by atoms with E-state index in [4.69, 9.17) is 0 Å². The first-order valence-electron chi connectivity index (χ1n) is 6.94. The van der Waals surface area contributed by atoms with Crippen molar-refractivity contribution in [3.63, 3.8) is 0 Å². The topological polar surface area (TPSA) is 75.1 Å². The second-order valence-electron chi connectivity index (χ2n) is 5.03. The van der Waals surface area contributed by atoms with Crippen molar-refractivity contribution in [1.29, 1.82) is 0 Å².